The second-order valence-electron chi connectivity index (χ2n) is 9.81. The van der Waals surface area contributed by atoms with Gasteiger partial charge in [0.15, 0.2) is 0 Å². The van der Waals surface area contributed by atoms with Gasteiger partial charge in [-0.25, -0.2) is 13.1 Å². The fraction of sp³-hybridized carbons (Fsp3) is 0.444. The highest BCUT2D eigenvalue weighted by atomic mass is 32.2. The number of sulfonamides is 1. The predicted molar refractivity (Wildman–Crippen MR) is 135 cm³/mol. The number of nitrogens with zero attached hydrogens (tertiary/aromatic N) is 2. The maximum absolute atomic E-state index is 12.9. The summed E-state index contributed by atoms with van der Waals surface area (Å²) in [5, 5.41) is 0. The van der Waals surface area contributed by atoms with E-state index in [9.17, 15) is 22.8 Å². The van der Waals surface area contributed by atoms with Crippen LogP contribution >= 0.6 is 0 Å². The van der Waals surface area contributed by atoms with E-state index in [0.717, 1.165) is 43.4 Å². The van der Waals surface area contributed by atoms with Gasteiger partial charge in [0.25, 0.3) is 11.8 Å². The number of unbranched alkanes of at least 4 members (excludes halogenated alkanes) is 2. The summed E-state index contributed by atoms with van der Waals surface area (Å²) < 4.78 is 28.4. The van der Waals surface area contributed by atoms with Crippen LogP contribution in [-0.4, -0.2) is 50.2 Å². The molecule has 0 spiro atoms. The maximum atomic E-state index is 12.9. The minimum Gasteiger partial charge on any atom is -0.312 e. The van der Waals surface area contributed by atoms with Crippen molar-refractivity contribution in [2.75, 3.05) is 18.0 Å². The Balaban J connectivity index is 1.11. The topological polar surface area (TPSA) is 104 Å². The molecule has 0 radical (unpaired) electrons. The Labute approximate surface area is 211 Å². The number of amides is 3. The standard InChI is InChI=1S/C27H31N3O5S/c31-25(12-2-1-7-16-30-26(32)22-10-5-6-11-23(22)27(30)33)29-17-15-19-18-21(13-14-24(19)29)36(34,35)28-20-8-3-4-9-20/h5-6,10-11,13-14,18,20,28H,1-4,7-9,12,15-17H2. The summed E-state index contributed by atoms with van der Waals surface area (Å²) in [4.78, 5) is 41.0. The number of nitrogens with one attached hydrogen (secondary N) is 1. The van der Waals surface area contributed by atoms with Gasteiger partial charge in [-0.05, 0) is 68.0 Å². The molecule has 8 nitrogen and oxygen atoms in total. The van der Waals surface area contributed by atoms with Gasteiger partial charge in [-0.3, -0.25) is 19.3 Å². The number of hydrogen-bond donors (Lipinski definition) is 1. The number of rotatable bonds is 9. The third kappa shape index (κ3) is 4.82. The van der Waals surface area contributed by atoms with Crippen molar-refractivity contribution in [2.24, 2.45) is 0 Å². The summed E-state index contributed by atoms with van der Waals surface area (Å²) in [5.41, 5.74) is 2.57. The number of imide groups is 1. The second-order valence-corrected chi connectivity index (χ2v) is 11.5. The largest absolute Gasteiger partial charge is 0.312 e. The van der Waals surface area contributed by atoms with Gasteiger partial charge in [0.2, 0.25) is 15.9 Å². The Hall–Kier alpha value is -3.04. The van der Waals surface area contributed by atoms with Crippen molar-refractivity contribution < 1.29 is 22.8 Å². The molecule has 0 bridgehead atoms. The number of fused-ring (bicyclic) bond motifs is 2. The summed E-state index contributed by atoms with van der Waals surface area (Å²) in [5.74, 6) is -0.491. The van der Waals surface area contributed by atoms with Crippen molar-refractivity contribution in [3.8, 4) is 0 Å². The minimum atomic E-state index is -3.56. The number of carbonyl (C=O) groups is 3. The first-order valence-corrected chi connectivity index (χ1v) is 14.2. The lowest BCUT2D eigenvalue weighted by Gasteiger charge is -2.18. The molecule has 36 heavy (non-hydrogen) atoms. The van der Waals surface area contributed by atoms with Crippen molar-refractivity contribution in [3.63, 3.8) is 0 Å². The van der Waals surface area contributed by atoms with E-state index in [1.54, 1.807) is 47.4 Å². The zero-order valence-electron chi connectivity index (χ0n) is 20.2. The fourth-order valence-corrected chi connectivity index (χ4v) is 6.79. The fourth-order valence-electron chi connectivity index (χ4n) is 5.44. The average Bonchev–Trinajstić information content (AvgIpc) is 3.59. The predicted octanol–water partition coefficient (Wildman–Crippen LogP) is 3.65. The Morgan fingerprint density at radius 1 is 0.944 bits per heavy atom. The molecule has 2 heterocycles. The molecule has 190 valence electrons. The maximum Gasteiger partial charge on any atom is 0.261 e. The summed E-state index contributed by atoms with van der Waals surface area (Å²) in [6.07, 6.45) is 6.89. The molecule has 0 unspecified atom stereocenters. The molecule has 2 aromatic carbocycles. The smallest absolute Gasteiger partial charge is 0.261 e. The first-order chi connectivity index (χ1) is 17.3. The van der Waals surface area contributed by atoms with Crippen LogP contribution in [0.1, 0.15) is 77.6 Å². The van der Waals surface area contributed by atoms with Gasteiger partial charge in [0, 0.05) is 31.2 Å². The van der Waals surface area contributed by atoms with E-state index < -0.39 is 10.0 Å². The van der Waals surface area contributed by atoms with E-state index in [1.165, 1.54) is 4.90 Å². The molecule has 5 rings (SSSR count). The van der Waals surface area contributed by atoms with Crippen molar-refractivity contribution in [3.05, 3.63) is 59.2 Å². The number of anilines is 1. The highest BCUT2D eigenvalue weighted by Gasteiger charge is 2.34. The zero-order chi connectivity index (χ0) is 25.3. The molecule has 2 aliphatic heterocycles. The molecule has 3 aliphatic rings. The summed E-state index contributed by atoms with van der Waals surface area (Å²) in [6.45, 7) is 0.891. The lowest BCUT2D eigenvalue weighted by molar-refractivity contribution is -0.118. The normalized spacial score (nSPS) is 17.7. The molecule has 3 amide bonds. The molecule has 0 aromatic heterocycles. The van der Waals surface area contributed by atoms with Gasteiger partial charge < -0.3 is 4.90 Å². The lowest BCUT2D eigenvalue weighted by Crippen LogP contribution is -2.32. The SMILES string of the molecule is O=C1c2ccccc2C(=O)N1CCCCCC(=O)N1CCc2cc(S(=O)(=O)NC3CCCC3)ccc21. The monoisotopic (exact) mass is 509 g/mol. The van der Waals surface area contributed by atoms with Gasteiger partial charge in [-0.1, -0.05) is 31.4 Å². The van der Waals surface area contributed by atoms with E-state index in [4.69, 9.17) is 0 Å². The summed E-state index contributed by atoms with van der Waals surface area (Å²) in [6, 6.07) is 11.9. The Kier molecular flexibility index (Phi) is 6.94. The van der Waals surface area contributed by atoms with Crippen molar-refractivity contribution >= 4 is 33.4 Å². The van der Waals surface area contributed by atoms with E-state index in [0.29, 0.717) is 49.9 Å². The minimum absolute atomic E-state index is 0.00849. The van der Waals surface area contributed by atoms with E-state index in [-0.39, 0.29) is 28.7 Å². The van der Waals surface area contributed by atoms with Crippen molar-refractivity contribution in [2.45, 2.75) is 68.7 Å². The molecule has 0 atom stereocenters. The Bertz CT molecular complexity index is 1270. The Morgan fingerprint density at radius 2 is 1.64 bits per heavy atom. The highest BCUT2D eigenvalue weighted by Crippen LogP contribution is 2.31. The van der Waals surface area contributed by atoms with Crippen molar-refractivity contribution in [1.29, 1.82) is 0 Å². The quantitative estimate of drug-likeness (QED) is 0.411. The van der Waals surface area contributed by atoms with Crippen LogP contribution in [0, 0.1) is 0 Å². The van der Waals surface area contributed by atoms with E-state index in [2.05, 4.69) is 4.72 Å². The van der Waals surface area contributed by atoms with Gasteiger partial charge in [-0.2, -0.15) is 0 Å². The molecular formula is C27H31N3O5S. The van der Waals surface area contributed by atoms with Crippen LogP contribution in [-0.2, 0) is 21.2 Å². The van der Waals surface area contributed by atoms with Crippen LogP contribution in [0.15, 0.2) is 47.4 Å². The molecular weight excluding hydrogens is 478 g/mol. The summed E-state index contributed by atoms with van der Waals surface area (Å²) in [7, 11) is -3.56. The van der Waals surface area contributed by atoms with Crippen LogP contribution in [0.2, 0.25) is 0 Å². The van der Waals surface area contributed by atoms with Gasteiger partial charge in [0.1, 0.15) is 0 Å². The first-order valence-electron chi connectivity index (χ1n) is 12.8. The summed E-state index contributed by atoms with van der Waals surface area (Å²) >= 11 is 0. The zero-order valence-corrected chi connectivity index (χ0v) is 21.1. The highest BCUT2D eigenvalue weighted by molar-refractivity contribution is 7.89. The second kappa shape index (κ2) is 10.1. The van der Waals surface area contributed by atoms with Gasteiger partial charge in [0.05, 0.1) is 16.0 Å². The number of hydrogen-bond acceptors (Lipinski definition) is 5. The third-order valence-electron chi connectivity index (χ3n) is 7.39. The third-order valence-corrected chi connectivity index (χ3v) is 8.90. The van der Waals surface area contributed by atoms with E-state index in [1.807, 2.05) is 0 Å². The molecule has 1 N–H and O–H groups in total. The van der Waals surface area contributed by atoms with Crippen molar-refractivity contribution in [1.82, 2.24) is 9.62 Å². The average molecular weight is 510 g/mol. The molecule has 9 heteroatoms. The lowest BCUT2D eigenvalue weighted by atomic mass is 10.1. The van der Waals surface area contributed by atoms with Crippen LogP contribution < -0.4 is 9.62 Å². The van der Waals surface area contributed by atoms with Crippen LogP contribution in [0.4, 0.5) is 5.69 Å². The molecule has 1 fully saturated rings. The molecule has 0 saturated heterocycles. The molecule has 2 aromatic rings. The first kappa shape index (κ1) is 24.6. The molecule has 1 saturated carbocycles. The van der Waals surface area contributed by atoms with Crippen LogP contribution in [0.3, 0.4) is 0 Å². The van der Waals surface area contributed by atoms with Crippen LogP contribution in [0.5, 0.6) is 0 Å². The number of carbonyl (C=O) groups excluding carboxylic acids is 3. The number of benzene rings is 2. The van der Waals surface area contributed by atoms with Gasteiger partial charge >= 0.3 is 0 Å². The Morgan fingerprint density at radius 3 is 2.33 bits per heavy atom. The van der Waals surface area contributed by atoms with Crippen LogP contribution in [0.25, 0.3) is 0 Å². The van der Waals surface area contributed by atoms with Gasteiger partial charge in [-0.15, -0.1) is 0 Å². The molecule has 1 aliphatic carbocycles. The van der Waals surface area contributed by atoms with E-state index >= 15 is 0 Å².